The number of aromatic nitrogens is 2. The molecule has 0 fully saturated rings. The van der Waals surface area contributed by atoms with Gasteiger partial charge in [0.25, 0.3) is 5.56 Å². The van der Waals surface area contributed by atoms with Crippen molar-refractivity contribution >= 4 is 27.5 Å². The standard InChI is InChI=1S/C20H21N3O2S/c24-17(21-11-5-8-14-6-2-1-3-7-14)12-23-13-22-19-18(20(23)25)15-9-4-10-16(15)26-19/h1-3,6-7,13H,4-5,8-12H2,(H,21,24). The number of carbonyl (C=O) groups excluding carboxylic acids is 1. The fourth-order valence-corrected chi connectivity index (χ4v) is 4.73. The van der Waals surface area contributed by atoms with Crippen LogP contribution in [0.25, 0.3) is 10.2 Å². The molecule has 1 aliphatic rings. The highest BCUT2D eigenvalue weighted by Gasteiger charge is 2.21. The minimum atomic E-state index is -0.145. The highest BCUT2D eigenvalue weighted by molar-refractivity contribution is 7.18. The molecular weight excluding hydrogens is 346 g/mol. The first-order chi connectivity index (χ1) is 12.7. The Hall–Kier alpha value is -2.47. The van der Waals surface area contributed by atoms with Crippen LogP contribution in [0.15, 0.2) is 41.5 Å². The second kappa shape index (κ2) is 7.41. The summed E-state index contributed by atoms with van der Waals surface area (Å²) < 4.78 is 1.43. The van der Waals surface area contributed by atoms with Gasteiger partial charge < -0.3 is 5.32 Å². The van der Waals surface area contributed by atoms with Gasteiger partial charge in [-0.1, -0.05) is 30.3 Å². The predicted molar refractivity (Wildman–Crippen MR) is 104 cm³/mol. The molecule has 1 aliphatic carbocycles. The molecule has 1 N–H and O–H groups in total. The molecule has 26 heavy (non-hydrogen) atoms. The fourth-order valence-electron chi connectivity index (χ4n) is 3.51. The van der Waals surface area contributed by atoms with Gasteiger partial charge in [-0.3, -0.25) is 14.2 Å². The Bertz CT molecular complexity index is 991. The normalized spacial score (nSPS) is 13.1. The molecule has 134 valence electrons. The summed E-state index contributed by atoms with van der Waals surface area (Å²) in [5, 5.41) is 3.62. The number of carbonyl (C=O) groups is 1. The van der Waals surface area contributed by atoms with Crippen LogP contribution in [0.1, 0.15) is 28.8 Å². The Morgan fingerprint density at radius 1 is 1.23 bits per heavy atom. The van der Waals surface area contributed by atoms with E-state index >= 15 is 0 Å². The van der Waals surface area contributed by atoms with Gasteiger partial charge in [0.15, 0.2) is 0 Å². The van der Waals surface area contributed by atoms with Crippen molar-refractivity contribution in [1.82, 2.24) is 14.9 Å². The summed E-state index contributed by atoms with van der Waals surface area (Å²) >= 11 is 1.62. The van der Waals surface area contributed by atoms with E-state index in [4.69, 9.17) is 0 Å². The van der Waals surface area contributed by atoms with Crippen molar-refractivity contribution < 1.29 is 4.79 Å². The summed E-state index contributed by atoms with van der Waals surface area (Å²) in [6, 6.07) is 10.2. The molecule has 1 amide bonds. The number of aryl methyl sites for hydroxylation is 3. The van der Waals surface area contributed by atoms with E-state index in [2.05, 4.69) is 22.4 Å². The average molecular weight is 367 g/mol. The Kier molecular flexibility index (Phi) is 4.84. The molecule has 0 saturated heterocycles. The number of thiophene rings is 1. The lowest BCUT2D eigenvalue weighted by Crippen LogP contribution is -2.33. The number of rotatable bonds is 6. The van der Waals surface area contributed by atoms with E-state index in [9.17, 15) is 9.59 Å². The van der Waals surface area contributed by atoms with Gasteiger partial charge in [-0.15, -0.1) is 11.3 Å². The van der Waals surface area contributed by atoms with Crippen LogP contribution in [0.4, 0.5) is 0 Å². The van der Waals surface area contributed by atoms with Crippen molar-refractivity contribution in [2.75, 3.05) is 6.54 Å². The number of benzene rings is 1. The Labute approximate surface area is 155 Å². The van der Waals surface area contributed by atoms with Gasteiger partial charge in [-0.05, 0) is 43.2 Å². The van der Waals surface area contributed by atoms with Crippen LogP contribution in [0.3, 0.4) is 0 Å². The van der Waals surface area contributed by atoms with Gasteiger partial charge in [-0.25, -0.2) is 4.98 Å². The number of hydrogen-bond acceptors (Lipinski definition) is 4. The smallest absolute Gasteiger partial charge is 0.262 e. The van der Waals surface area contributed by atoms with Crippen LogP contribution < -0.4 is 10.9 Å². The van der Waals surface area contributed by atoms with Gasteiger partial charge in [0, 0.05) is 11.4 Å². The Morgan fingerprint density at radius 3 is 2.92 bits per heavy atom. The molecule has 4 rings (SSSR count). The molecular formula is C20H21N3O2S. The van der Waals surface area contributed by atoms with Gasteiger partial charge in [0.2, 0.25) is 5.91 Å². The summed E-state index contributed by atoms with van der Waals surface area (Å²) in [7, 11) is 0. The summed E-state index contributed by atoms with van der Waals surface area (Å²) in [5.74, 6) is -0.145. The zero-order valence-electron chi connectivity index (χ0n) is 14.5. The van der Waals surface area contributed by atoms with Gasteiger partial charge in [0.05, 0.1) is 11.7 Å². The molecule has 2 aromatic heterocycles. The van der Waals surface area contributed by atoms with Gasteiger partial charge in [-0.2, -0.15) is 0 Å². The first kappa shape index (κ1) is 17.0. The van der Waals surface area contributed by atoms with E-state index < -0.39 is 0 Å². The van der Waals surface area contributed by atoms with Crippen LogP contribution in [-0.2, 0) is 30.6 Å². The molecule has 0 unspecified atom stereocenters. The van der Waals surface area contributed by atoms with Crippen molar-refractivity contribution in [3.05, 3.63) is 63.0 Å². The summed E-state index contributed by atoms with van der Waals surface area (Å²) in [5.41, 5.74) is 2.33. The molecule has 0 atom stereocenters. The number of nitrogens with one attached hydrogen (secondary N) is 1. The Morgan fingerprint density at radius 2 is 2.08 bits per heavy atom. The van der Waals surface area contributed by atoms with E-state index in [1.165, 1.54) is 21.3 Å². The van der Waals surface area contributed by atoms with Gasteiger partial charge >= 0.3 is 0 Å². The maximum atomic E-state index is 12.7. The summed E-state index contributed by atoms with van der Waals surface area (Å²) in [4.78, 5) is 31.4. The fraction of sp³-hybridized carbons (Fsp3) is 0.350. The minimum absolute atomic E-state index is 0.0255. The van der Waals surface area contributed by atoms with Crippen molar-refractivity contribution in [3.63, 3.8) is 0 Å². The predicted octanol–water partition coefficient (Wildman–Crippen LogP) is 2.70. The molecule has 2 heterocycles. The Balaban J connectivity index is 1.37. The molecule has 6 heteroatoms. The first-order valence-corrected chi connectivity index (χ1v) is 9.84. The lowest BCUT2D eigenvalue weighted by molar-refractivity contribution is -0.121. The van der Waals surface area contributed by atoms with E-state index in [0.29, 0.717) is 6.54 Å². The number of hydrogen-bond donors (Lipinski definition) is 1. The van der Waals surface area contributed by atoms with Gasteiger partial charge in [0.1, 0.15) is 11.4 Å². The molecule has 0 spiro atoms. The van der Waals surface area contributed by atoms with Crippen molar-refractivity contribution in [1.29, 1.82) is 0 Å². The molecule has 0 bridgehead atoms. The lowest BCUT2D eigenvalue weighted by Gasteiger charge is -2.07. The highest BCUT2D eigenvalue weighted by atomic mass is 32.1. The third-order valence-electron chi connectivity index (χ3n) is 4.81. The molecule has 5 nitrogen and oxygen atoms in total. The maximum absolute atomic E-state index is 12.7. The summed E-state index contributed by atoms with van der Waals surface area (Å²) in [6.45, 7) is 0.629. The molecule has 1 aromatic carbocycles. The topological polar surface area (TPSA) is 64.0 Å². The third-order valence-corrected chi connectivity index (χ3v) is 6.01. The zero-order valence-corrected chi connectivity index (χ0v) is 15.3. The third kappa shape index (κ3) is 3.42. The SMILES string of the molecule is O=C(Cn1cnc2sc3c(c2c1=O)CCC3)NCCCc1ccccc1. The number of fused-ring (bicyclic) bond motifs is 3. The molecule has 0 radical (unpaired) electrons. The molecule has 3 aromatic rings. The maximum Gasteiger partial charge on any atom is 0.262 e. The molecule has 0 saturated carbocycles. The van der Waals surface area contributed by atoms with Crippen molar-refractivity contribution in [2.45, 2.75) is 38.6 Å². The monoisotopic (exact) mass is 367 g/mol. The number of amides is 1. The lowest BCUT2D eigenvalue weighted by atomic mass is 10.1. The zero-order chi connectivity index (χ0) is 17.9. The van der Waals surface area contributed by atoms with E-state index in [1.54, 1.807) is 11.3 Å². The van der Waals surface area contributed by atoms with E-state index in [1.807, 2.05) is 18.2 Å². The van der Waals surface area contributed by atoms with Crippen molar-refractivity contribution in [3.8, 4) is 0 Å². The van der Waals surface area contributed by atoms with Crippen LogP contribution >= 0.6 is 11.3 Å². The van der Waals surface area contributed by atoms with Crippen LogP contribution in [0.2, 0.25) is 0 Å². The van der Waals surface area contributed by atoms with Crippen LogP contribution in [-0.4, -0.2) is 22.0 Å². The summed E-state index contributed by atoms with van der Waals surface area (Å²) in [6.07, 6.45) is 6.39. The molecule has 0 aliphatic heterocycles. The second-order valence-electron chi connectivity index (χ2n) is 6.65. The highest BCUT2D eigenvalue weighted by Crippen LogP contribution is 2.34. The average Bonchev–Trinajstić information content (AvgIpc) is 3.23. The van der Waals surface area contributed by atoms with E-state index in [0.717, 1.165) is 47.9 Å². The second-order valence-corrected chi connectivity index (χ2v) is 7.74. The number of nitrogens with zero attached hydrogens (tertiary/aromatic N) is 2. The van der Waals surface area contributed by atoms with Crippen LogP contribution in [0, 0.1) is 0 Å². The quantitative estimate of drug-likeness (QED) is 0.682. The van der Waals surface area contributed by atoms with Crippen LogP contribution in [0.5, 0.6) is 0 Å². The van der Waals surface area contributed by atoms with E-state index in [-0.39, 0.29) is 18.0 Å². The van der Waals surface area contributed by atoms with Crippen molar-refractivity contribution in [2.24, 2.45) is 0 Å². The first-order valence-electron chi connectivity index (χ1n) is 9.02. The minimum Gasteiger partial charge on any atom is -0.355 e. The largest absolute Gasteiger partial charge is 0.355 e.